The molecule has 0 aliphatic carbocycles. The van der Waals surface area contributed by atoms with Crippen LogP contribution in [0.2, 0.25) is 0 Å². The highest BCUT2D eigenvalue weighted by atomic mass is 79.9. The van der Waals surface area contributed by atoms with Gasteiger partial charge in [-0.2, -0.15) is 0 Å². The molecule has 1 saturated heterocycles. The zero-order valence-electron chi connectivity index (χ0n) is 8.82. The standard InChI is InChI=1S/C12H13BrO2S/c13-10-3-4-12(9(6-10)7-14)16-8-11-2-1-5-15-11/h3-4,6-7,11H,1-2,5,8H2. The molecule has 1 aromatic rings. The van der Waals surface area contributed by atoms with Crippen LogP contribution in [0, 0.1) is 0 Å². The minimum absolute atomic E-state index is 0.355. The molecule has 1 aliphatic heterocycles. The molecule has 0 radical (unpaired) electrons. The first-order valence-electron chi connectivity index (χ1n) is 5.29. The van der Waals surface area contributed by atoms with Gasteiger partial charge in [0.15, 0.2) is 6.29 Å². The molecule has 1 unspecified atom stereocenters. The van der Waals surface area contributed by atoms with Crippen LogP contribution in [0.5, 0.6) is 0 Å². The minimum Gasteiger partial charge on any atom is -0.377 e. The fraction of sp³-hybridized carbons (Fsp3) is 0.417. The Balaban J connectivity index is 1.99. The van der Waals surface area contributed by atoms with Crippen molar-refractivity contribution in [3.05, 3.63) is 28.2 Å². The first-order chi connectivity index (χ1) is 7.79. The van der Waals surface area contributed by atoms with Crippen molar-refractivity contribution in [2.24, 2.45) is 0 Å². The zero-order chi connectivity index (χ0) is 11.4. The Morgan fingerprint density at radius 2 is 2.44 bits per heavy atom. The van der Waals surface area contributed by atoms with E-state index in [-0.39, 0.29) is 0 Å². The molecule has 86 valence electrons. The van der Waals surface area contributed by atoms with Crippen LogP contribution in [-0.2, 0) is 4.74 Å². The molecule has 0 N–H and O–H groups in total. The maximum atomic E-state index is 10.9. The van der Waals surface area contributed by atoms with Crippen LogP contribution in [0.15, 0.2) is 27.6 Å². The van der Waals surface area contributed by atoms with Crippen LogP contribution in [0.4, 0.5) is 0 Å². The third-order valence-corrected chi connectivity index (χ3v) is 4.26. The van der Waals surface area contributed by atoms with E-state index in [2.05, 4.69) is 15.9 Å². The van der Waals surface area contributed by atoms with E-state index in [4.69, 9.17) is 4.74 Å². The van der Waals surface area contributed by atoms with E-state index in [1.807, 2.05) is 18.2 Å². The fourth-order valence-electron chi connectivity index (χ4n) is 1.70. The molecule has 1 aromatic carbocycles. The van der Waals surface area contributed by atoms with Crippen molar-refractivity contribution >= 4 is 34.0 Å². The summed E-state index contributed by atoms with van der Waals surface area (Å²) < 4.78 is 6.49. The Morgan fingerprint density at radius 1 is 1.56 bits per heavy atom. The average Bonchev–Trinajstić information content (AvgIpc) is 2.80. The van der Waals surface area contributed by atoms with Crippen molar-refractivity contribution < 1.29 is 9.53 Å². The Kier molecular flexibility index (Phi) is 4.44. The highest BCUT2D eigenvalue weighted by Crippen LogP contribution is 2.27. The van der Waals surface area contributed by atoms with Crippen molar-refractivity contribution in [1.82, 2.24) is 0 Å². The third-order valence-electron chi connectivity index (χ3n) is 2.55. The maximum absolute atomic E-state index is 10.9. The minimum atomic E-state index is 0.355. The summed E-state index contributed by atoms with van der Waals surface area (Å²) in [6, 6.07) is 5.79. The van der Waals surface area contributed by atoms with E-state index >= 15 is 0 Å². The molecule has 4 heteroatoms. The van der Waals surface area contributed by atoms with Crippen molar-refractivity contribution in [1.29, 1.82) is 0 Å². The van der Waals surface area contributed by atoms with Crippen molar-refractivity contribution in [2.75, 3.05) is 12.4 Å². The van der Waals surface area contributed by atoms with Crippen LogP contribution in [0.25, 0.3) is 0 Å². The number of aldehydes is 1. The quantitative estimate of drug-likeness (QED) is 0.628. The van der Waals surface area contributed by atoms with Crippen LogP contribution in [-0.4, -0.2) is 24.7 Å². The van der Waals surface area contributed by atoms with Gasteiger partial charge in [0.25, 0.3) is 0 Å². The lowest BCUT2D eigenvalue weighted by Gasteiger charge is -2.10. The largest absolute Gasteiger partial charge is 0.377 e. The fourth-order valence-corrected chi connectivity index (χ4v) is 3.15. The van der Waals surface area contributed by atoms with Crippen LogP contribution in [0.1, 0.15) is 23.2 Å². The highest BCUT2D eigenvalue weighted by Gasteiger charge is 2.16. The molecule has 2 nitrogen and oxygen atoms in total. The number of hydrogen-bond acceptors (Lipinski definition) is 3. The van der Waals surface area contributed by atoms with Gasteiger partial charge in [0.1, 0.15) is 0 Å². The number of carbonyl (C=O) groups excluding carboxylic acids is 1. The van der Waals surface area contributed by atoms with E-state index in [0.29, 0.717) is 6.10 Å². The molecule has 1 atom stereocenters. The predicted octanol–water partition coefficient (Wildman–Crippen LogP) is 3.53. The maximum Gasteiger partial charge on any atom is 0.151 e. The summed E-state index contributed by atoms with van der Waals surface area (Å²) in [6.45, 7) is 0.881. The monoisotopic (exact) mass is 300 g/mol. The van der Waals surface area contributed by atoms with Gasteiger partial charge in [-0.05, 0) is 31.0 Å². The van der Waals surface area contributed by atoms with Crippen LogP contribution < -0.4 is 0 Å². The number of benzene rings is 1. The lowest BCUT2D eigenvalue weighted by molar-refractivity contribution is 0.112. The van der Waals surface area contributed by atoms with Gasteiger partial charge in [0.05, 0.1) is 6.10 Å². The van der Waals surface area contributed by atoms with Gasteiger partial charge in [-0.15, -0.1) is 11.8 Å². The molecule has 0 bridgehead atoms. The summed E-state index contributed by atoms with van der Waals surface area (Å²) in [5.74, 6) is 0.933. The Morgan fingerprint density at radius 3 is 3.12 bits per heavy atom. The Hall–Kier alpha value is -0.320. The summed E-state index contributed by atoms with van der Waals surface area (Å²) in [6.07, 6.45) is 3.56. The van der Waals surface area contributed by atoms with E-state index in [1.165, 1.54) is 0 Å². The second kappa shape index (κ2) is 5.84. The summed E-state index contributed by atoms with van der Waals surface area (Å²) >= 11 is 5.06. The summed E-state index contributed by atoms with van der Waals surface area (Å²) in [4.78, 5) is 11.9. The van der Waals surface area contributed by atoms with Gasteiger partial charge >= 0.3 is 0 Å². The summed E-state index contributed by atoms with van der Waals surface area (Å²) in [7, 11) is 0. The molecule has 1 fully saturated rings. The topological polar surface area (TPSA) is 26.3 Å². The summed E-state index contributed by atoms with van der Waals surface area (Å²) in [5.41, 5.74) is 0.748. The molecule has 1 aliphatic rings. The molecule has 2 rings (SSSR count). The second-order valence-electron chi connectivity index (χ2n) is 3.75. The first-order valence-corrected chi connectivity index (χ1v) is 7.06. The van der Waals surface area contributed by atoms with Crippen molar-refractivity contribution in [3.8, 4) is 0 Å². The molecule has 0 spiro atoms. The van der Waals surface area contributed by atoms with Crippen LogP contribution in [0.3, 0.4) is 0 Å². The van der Waals surface area contributed by atoms with E-state index in [0.717, 1.165) is 46.4 Å². The molecule has 0 saturated carbocycles. The molecule has 16 heavy (non-hydrogen) atoms. The Bertz CT molecular complexity index is 375. The van der Waals surface area contributed by atoms with Crippen molar-refractivity contribution in [3.63, 3.8) is 0 Å². The number of halogens is 1. The third kappa shape index (κ3) is 3.09. The van der Waals surface area contributed by atoms with Gasteiger partial charge in [-0.25, -0.2) is 0 Å². The van der Waals surface area contributed by atoms with Gasteiger partial charge in [-0.1, -0.05) is 15.9 Å². The van der Waals surface area contributed by atoms with Crippen LogP contribution >= 0.6 is 27.7 Å². The number of thioether (sulfide) groups is 1. The highest BCUT2D eigenvalue weighted by molar-refractivity contribution is 9.10. The number of rotatable bonds is 4. The normalized spacial score (nSPS) is 19.9. The Labute approximate surface area is 108 Å². The number of hydrogen-bond donors (Lipinski definition) is 0. The second-order valence-corrected chi connectivity index (χ2v) is 5.72. The lowest BCUT2D eigenvalue weighted by atomic mass is 10.2. The lowest BCUT2D eigenvalue weighted by Crippen LogP contribution is -2.07. The SMILES string of the molecule is O=Cc1cc(Br)ccc1SCC1CCCO1. The molecule has 0 amide bonds. The molecule has 0 aromatic heterocycles. The average molecular weight is 301 g/mol. The van der Waals surface area contributed by atoms with Gasteiger partial charge < -0.3 is 4.74 Å². The van der Waals surface area contributed by atoms with E-state index in [1.54, 1.807) is 11.8 Å². The smallest absolute Gasteiger partial charge is 0.151 e. The molecule has 1 heterocycles. The van der Waals surface area contributed by atoms with Gasteiger partial charge in [0, 0.05) is 27.3 Å². The van der Waals surface area contributed by atoms with Crippen molar-refractivity contribution in [2.45, 2.75) is 23.8 Å². The number of ether oxygens (including phenoxy) is 1. The zero-order valence-corrected chi connectivity index (χ0v) is 11.2. The number of carbonyl (C=O) groups is 1. The molecular weight excluding hydrogens is 288 g/mol. The van der Waals surface area contributed by atoms with Gasteiger partial charge in [0.2, 0.25) is 0 Å². The first kappa shape index (κ1) is 12.1. The molecular formula is C12H13BrO2S. The van der Waals surface area contributed by atoms with Gasteiger partial charge in [-0.3, -0.25) is 4.79 Å². The van der Waals surface area contributed by atoms with E-state index in [9.17, 15) is 4.79 Å². The predicted molar refractivity (Wildman–Crippen MR) is 69.2 cm³/mol. The summed E-state index contributed by atoms with van der Waals surface area (Å²) in [5, 5.41) is 0. The van der Waals surface area contributed by atoms with E-state index < -0.39 is 0 Å².